The summed E-state index contributed by atoms with van der Waals surface area (Å²) in [5.74, 6) is 2.58. The number of carbonyl (C=O) groups is 1. The third-order valence-corrected chi connectivity index (χ3v) is 7.36. The Labute approximate surface area is 215 Å². The van der Waals surface area contributed by atoms with Crippen LogP contribution in [0, 0.1) is 11.8 Å². The minimum atomic E-state index is -0.0406. The topological polar surface area (TPSA) is 57.7 Å². The number of fused-ring (bicyclic) bond motifs is 2. The van der Waals surface area contributed by atoms with Crippen molar-refractivity contribution in [2.75, 3.05) is 31.5 Å². The molecule has 0 unspecified atom stereocenters. The van der Waals surface area contributed by atoms with Crippen LogP contribution in [-0.4, -0.2) is 47.0 Å². The van der Waals surface area contributed by atoms with Gasteiger partial charge in [-0.15, -0.1) is 0 Å². The highest BCUT2D eigenvalue weighted by atomic mass is 35.5. The van der Waals surface area contributed by atoms with Crippen LogP contribution in [0.5, 0.6) is 11.5 Å². The van der Waals surface area contributed by atoms with Gasteiger partial charge in [0.2, 0.25) is 0 Å². The Hall–Kier alpha value is -3.61. The van der Waals surface area contributed by atoms with E-state index in [2.05, 4.69) is 27.3 Å². The number of anilines is 1. The van der Waals surface area contributed by atoms with Gasteiger partial charge in [0, 0.05) is 54.7 Å². The van der Waals surface area contributed by atoms with Crippen molar-refractivity contribution in [2.24, 2.45) is 11.8 Å². The maximum Gasteiger partial charge on any atom is 0.321 e. The maximum atomic E-state index is 13.0. The third kappa shape index (κ3) is 4.87. The second-order valence-corrected chi connectivity index (χ2v) is 10.1. The number of hydrogen-bond acceptors (Lipinski definition) is 4. The lowest BCUT2D eigenvalue weighted by Gasteiger charge is -2.22. The maximum absolute atomic E-state index is 13.0. The summed E-state index contributed by atoms with van der Waals surface area (Å²) < 4.78 is 6.00. The molecule has 2 saturated heterocycles. The molecule has 36 heavy (non-hydrogen) atoms. The van der Waals surface area contributed by atoms with E-state index < -0.39 is 0 Å². The van der Waals surface area contributed by atoms with Crippen LogP contribution >= 0.6 is 11.6 Å². The van der Waals surface area contributed by atoms with Crippen molar-refractivity contribution in [1.29, 1.82) is 0 Å². The van der Waals surface area contributed by atoms with E-state index in [1.165, 1.54) is 5.56 Å². The molecule has 4 aromatic rings. The second kappa shape index (κ2) is 9.80. The number of nitrogens with zero attached hydrogens (tertiary/aromatic N) is 3. The standard InChI is InChI=1S/C29H27ClN4O2/c30-24-8-10-25(11-9-24)36-26-6-3-4-20(12-26)15-33-16-22-18-34(19-23(22)17-33)29(35)32-28-14-31-13-21-5-1-2-7-27(21)28/h1-14,22-23H,15-19H2,(H,32,35)/t22-,23+. The van der Waals surface area contributed by atoms with Crippen molar-refractivity contribution < 1.29 is 9.53 Å². The molecule has 2 fully saturated rings. The van der Waals surface area contributed by atoms with Crippen molar-refractivity contribution in [3.63, 3.8) is 0 Å². The quantitative estimate of drug-likeness (QED) is 0.352. The van der Waals surface area contributed by atoms with E-state index in [0.717, 1.165) is 60.7 Å². The number of rotatable bonds is 5. The molecule has 3 aromatic carbocycles. The van der Waals surface area contributed by atoms with Crippen LogP contribution in [0.4, 0.5) is 10.5 Å². The van der Waals surface area contributed by atoms with Crippen molar-refractivity contribution in [2.45, 2.75) is 6.54 Å². The van der Waals surface area contributed by atoms with Crippen molar-refractivity contribution in [1.82, 2.24) is 14.8 Å². The number of ether oxygens (including phenoxy) is 1. The molecule has 0 saturated carbocycles. The first kappa shape index (κ1) is 22.8. The number of benzene rings is 3. The predicted octanol–water partition coefficient (Wildman–Crippen LogP) is 6.28. The summed E-state index contributed by atoms with van der Waals surface area (Å²) in [5.41, 5.74) is 1.98. The summed E-state index contributed by atoms with van der Waals surface area (Å²) in [6.07, 6.45) is 3.54. The summed E-state index contributed by atoms with van der Waals surface area (Å²) in [5, 5.41) is 5.81. The highest BCUT2D eigenvalue weighted by molar-refractivity contribution is 6.30. The molecular weight excluding hydrogens is 472 g/mol. The lowest BCUT2D eigenvalue weighted by atomic mass is 10.0. The van der Waals surface area contributed by atoms with Crippen LogP contribution in [0.3, 0.4) is 0 Å². The van der Waals surface area contributed by atoms with Gasteiger partial charge >= 0.3 is 6.03 Å². The summed E-state index contributed by atoms with van der Waals surface area (Å²) in [6, 6.07) is 23.6. The van der Waals surface area contributed by atoms with E-state index in [-0.39, 0.29) is 6.03 Å². The van der Waals surface area contributed by atoms with E-state index in [9.17, 15) is 4.79 Å². The number of carbonyl (C=O) groups excluding carboxylic acids is 1. The van der Waals surface area contributed by atoms with E-state index in [1.54, 1.807) is 6.20 Å². The minimum absolute atomic E-state index is 0.0406. The number of urea groups is 1. The smallest absolute Gasteiger partial charge is 0.321 e. The average Bonchev–Trinajstić information content (AvgIpc) is 3.45. The largest absolute Gasteiger partial charge is 0.457 e. The van der Waals surface area contributed by atoms with E-state index >= 15 is 0 Å². The number of aromatic nitrogens is 1. The molecule has 2 atom stereocenters. The predicted molar refractivity (Wildman–Crippen MR) is 143 cm³/mol. The number of halogens is 1. The second-order valence-electron chi connectivity index (χ2n) is 9.66. The Morgan fingerprint density at radius 3 is 2.50 bits per heavy atom. The normalized spacial score (nSPS) is 19.4. The monoisotopic (exact) mass is 498 g/mol. The van der Waals surface area contributed by atoms with Crippen LogP contribution in [-0.2, 0) is 6.54 Å². The molecule has 0 aliphatic carbocycles. The van der Waals surface area contributed by atoms with Crippen LogP contribution in [0.1, 0.15) is 5.56 Å². The molecule has 0 radical (unpaired) electrons. The number of nitrogens with one attached hydrogen (secondary N) is 1. The molecule has 2 aliphatic rings. The zero-order valence-electron chi connectivity index (χ0n) is 19.8. The third-order valence-electron chi connectivity index (χ3n) is 7.11. The Morgan fingerprint density at radius 2 is 1.69 bits per heavy atom. The number of amides is 2. The van der Waals surface area contributed by atoms with Gasteiger partial charge < -0.3 is 15.0 Å². The lowest BCUT2D eigenvalue weighted by Crippen LogP contribution is -2.36. The van der Waals surface area contributed by atoms with Gasteiger partial charge in [-0.25, -0.2) is 4.79 Å². The summed E-state index contributed by atoms with van der Waals surface area (Å²) in [4.78, 5) is 21.7. The fourth-order valence-electron chi connectivity index (χ4n) is 5.40. The number of pyridine rings is 1. The Balaban J connectivity index is 1.04. The molecular formula is C29H27ClN4O2. The molecule has 1 aromatic heterocycles. The average molecular weight is 499 g/mol. The Morgan fingerprint density at radius 1 is 0.917 bits per heavy atom. The van der Waals surface area contributed by atoms with Gasteiger partial charge in [0.1, 0.15) is 11.5 Å². The first-order valence-corrected chi connectivity index (χ1v) is 12.6. The van der Waals surface area contributed by atoms with Gasteiger partial charge in [0.25, 0.3) is 0 Å². The zero-order valence-corrected chi connectivity index (χ0v) is 20.6. The van der Waals surface area contributed by atoms with Gasteiger partial charge in [-0.3, -0.25) is 9.88 Å². The van der Waals surface area contributed by atoms with Crippen molar-refractivity contribution >= 4 is 34.1 Å². The lowest BCUT2D eigenvalue weighted by molar-refractivity contribution is 0.212. The Kier molecular flexibility index (Phi) is 6.21. The molecule has 2 amide bonds. The molecule has 0 spiro atoms. The molecule has 6 nitrogen and oxygen atoms in total. The summed E-state index contributed by atoms with van der Waals surface area (Å²) in [6.45, 7) is 4.42. The fourth-order valence-corrected chi connectivity index (χ4v) is 5.53. The van der Waals surface area contributed by atoms with Crippen LogP contribution in [0.25, 0.3) is 10.8 Å². The highest BCUT2D eigenvalue weighted by Crippen LogP contribution is 2.33. The van der Waals surface area contributed by atoms with E-state index in [0.29, 0.717) is 16.9 Å². The van der Waals surface area contributed by atoms with Crippen LogP contribution in [0.2, 0.25) is 5.02 Å². The number of hydrogen-bond donors (Lipinski definition) is 1. The number of likely N-dealkylation sites (tertiary alicyclic amines) is 2. The van der Waals surface area contributed by atoms with Crippen LogP contribution < -0.4 is 10.1 Å². The zero-order chi connectivity index (χ0) is 24.5. The van der Waals surface area contributed by atoms with Crippen molar-refractivity contribution in [3.05, 3.63) is 95.8 Å². The summed E-state index contributed by atoms with van der Waals surface area (Å²) in [7, 11) is 0. The highest BCUT2D eigenvalue weighted by Gasteiger charge is 2.41. The molecule has 2 aliphatic heterocycles. The van der Waals surface area contributed by atoms with Gasteiger partial charge in [0.05, 0.1) is 11.9 Å². The molecule has 6 rings (SSSR count). The first-order valence-electron chi connectivity index (χ1n) is 12.2. The van der Waals surface area contributed by atoms with Gasteiger partial charge in [-0.05, 0) is 53.8 Å². The SMILES string of the molecule is O=C(Nc1cncc2ccccc12)N1C[C@H]2CN(Cc3cccc(Oc4ccc(Cl)cc4)c3)C[C@H]2C1. The molecule has 1 N–H and O–H groups in total. The van der Waals surface area contributed by atoms with Crippen molar-refractivity contribution in [3.8, 4) is 11.5 Å². The molecule has 3 heterocycles. The Bertz CT molecular complexity index is 1370. The van der Waals surface area contributed by atoms with E-state index in [1.807, 2.05) is 71.8 Å². The van der Waals surface area contributed by atoms with Gasteiger partial charge in [-0.1, -0.05) is 48.0 Å². The summed E-state index contributed by atoms with van der Waals surface area (Å²) >= 11 is 5.97. The molecule has 7 heteroatoms. The van der Waals surface area contributed by atoms with Crippen LogP contribution in [0.15, 0.2) is 85.2 Å². The van der Waals surface area contributed by atoms with E-state index in [4.69, 9.17) is 16.3 Å². The fraction of sp³-hybridized carbons (Fsp3) is 0.241. The first-order chi connectivity index (χ1) is 17.6. The minimum Gasteiger partial charge on any atom is -0.457 e. The van der Waals surface area contributed by atoms with Gasteiger partial charge in [-0.2, -0.15) is 0 Å². The molecule has 0 bridgehead atoms. The molecule has 182 valence electrons. The van der Waals surface area contributed by atoms with Gasteiger partial charge in [0.15, 0.2) is 0 Å².